The quantitative estimate of drug-likeness (QED) is 0.752. The molecule has 0 spiro atoms. The van der Waals surface area contributed by atoms with Gasteiger partial charge in [0.05, 0.1) is 23.7 Å². The van der Waals surface area contributed by atoms with Gasteiger partial charge >= 0.3 is 6.18 Å². The first-order valence-corrected chi connectivity index (χ1v) is 8.16. The van der Waals surface area contributed by atoms with E-state index in [0.717, 1.165) is 46.7 Å². The van der Waals surface area contributed by atoms with Gasteiger partial charge in [0.15, 0.2) is 0 Å². The highest BCUT2D eigenvalue weighted by Gasteiger charge is 2.30. The van der Waals surface area contributed by atoms with E-state index < -0.39 is 17.6 Å². The van der Waals surface area contributed by atoms with Gasteiger partial charge in [0.25, 0.3) is 5.91 Å². The maximum Gasteiger partial charge on any atom is 0.416 e. The van der Waals surface area contributed by atoms with Gasteiger partial charge in [-0.1, -0.05) is 0 Å². The first-order valence-electron chi connectivity index (χ1n) is 8.16. The number of aromatic nitrogens is 2. The molecule has 1 amide bonds. The van der Waals surface area contributed by atoms with Gasteiger partial charge in [0.2, 0.25) is 0 Å². The Morgan fingerprint density at radius 2 is 1.85 bits per heavy atom. The molecule has 0 aliphatic heterocycles. The fourth-order valence-electron chi connectivity index (χ4n) is 2.92. The number of carbonyl (C=O) groups is 1. The van der Waals surface area contributed by atoms with E-state index in [9.17, 15) is 18.0 Å². The molecular formula is C19H18F3N3O2. The van der Waals surface area contributed by atoms with Crippen LogP contribution in [0, 0.1) is 6.92 Å². The number of carbonyl (C=O) groups excluding carboxylic acids is 1. The van der Waals surface area contributed by atoms with E-state index in [4.69, 9.17) is 4.74 Å². The zero-order valence-corrected chi connectivity index (χ0v) is 15.0. The summed E-state index contributed by atoms with van der Waals surface area (Å²) in [5.41, 5.74) is 1.71. The monoisotopic (exact) mass is 377 g/mol. The lowest BCUT2D eigenvalue weighted by Crippen LogP contribution is -2.23. The molecule has 142 valence electrons. The smallest absolute Gasteiger partial charge is 0.416 e. The van der Waals surface area contributed by atoms with Crippen LogP contribution >= 0.6 is 0 Å². The van der Waals surface area contributed by atoms with Crippen molar-refractivity contribution in [1.82, 2.24) is 14.9 Å². The van der Waals surface area contributed by atoms with Crippen LogP contribution < -0.4 is 10.1 Å². The molecule has 8 heteroatoms. The van der Waals surface area contributed by atoms with E-state index in [0.29, 0.717) is 5.75 Å². The summed E-state index contributed by atoms with van der Waals surface area (Å²) in [6.45, 7) is 2.02. The average molecular weight is 377 g/mol. The molecule has 1 aromatic heterocycles. The molecule has 27 heavy (non-hydrogen) atoms. The second kappa shape index (κ2) is 6.94. The summed E-state index contributed by atoms with van der Waals surface area (Å²) in [4.78, 5) is 16.8. The maximum absolute atomic E-state index is 12.6. The summed E-state index contributed by atoms with van der Waals surface area (Å²) in [5, 5.41) is 2.74. The number of hydrogen-bond acceptors (Lipinski definition) is 3. The number of benzene rings is 2. The first kappa shape index (κ1) is 18.8. The van der Waals surface area contributed by atoms with Crippen molar-refractivity contribution in [3.8, 4) is 5.75 Å². The Balaban J connectivity index is 1.85. The third kappa shape index (κ3) is 3.60. The van der Waals surface area contributed by atoms with Gasteiger partial charge < -0.3 is 14.6 Å². The summed E-state index contributed by atoms with van der Waals surface area (Å²) < 4.78 is 45.2. The largest absolute Gasteiger partial charge is 0.496 e. The third-order valence-corrected chi connectivity index (χ3v) is 4.44. The number of aryl methyl sites for hydroxylation is 2. The third-order valence-electron chi connectivity index (χ3n) is 4.44. The van der Waals surface area contributed by atoms with Gasteiger partial charge in [-0.3, -0.25) is 4.79 Å². The molecule has 1 N–H and O–H groups in total. The standard InChI is InChI=1S/C19H18F3N3O2/c1-11-24-15-8-9-16(27-3)14(17(15)25(11)2)10-23-18(26)12-4-6-13(7-5-12)19(20,21)22/h4-9H,10H2,1-3H3,(H,23,26). The molecule has 0 aliphatic rings. The highest BCUT2D eigenvalue weighted by molar-refractivity contribution is 5.94. The van der Waals surface area contributed by atoms with E-state index in [-0.39, 0.29) is 12.1 Å². The highest BCUT2D eigenvalue weighted by Crippen LogP contribution is 2.30. The number of amides is 1. The second-order valence-electron chi connectivity index (χ2n) is 6.09. The number of nitrogens with one attached hydrogen (secondary N) is 1. The molecule has 3 rings (SSSR count). The lowest BCUT2D eigenvalue weighted by molar-refractivity contribution is -0.137. The van der Waals surface area contributed by atoms with Gasteiger partial charge in [-0.05, 0) is 43.3 Å². The number of hydrogen-bond donors (Lipinski definition) is 1. The van der Waals surface area contributed by atoms with Gasteiger partial charge in [0, 0.05) is 24.7 Å². The molecule has 0 bridgehead atoms. The van der Waals surface area contributed by atoms with Crippen LogP contribution in [-0.2, 0) is 19.8 Å². The van der Waals surface area contributed by atoms with Crippen LogP contribution in [-0.4, -0.2) is 22.6 Å². The molecule has 0 atom stereocenters. The van der Waals surface area contributed by atoms with Crippen molar-refractivity contribution in [3.05, 3.63) is 58.9 Å². The predicted molar refractivity (Wildman–Crippen MR) is 94.6 cm³/mol. The van der Waals surface area contributed by atoms with Crippen LogP contribution in [0.4, 0.5) is 13.2 Å². The fourth-order valence-corrected chi connectivity index (χ4v) is 2.92. The van der Waals surface area contributed by atoms with Crippen molar-refractivity contribution in [1.29, 1.82) is 0 Å². The number of ether oxygens (including phenoxy) is 1. The number of methoxy groups -OCH3 is 1. The van der Waals surface area contributed by atoms with E-state index in [1.54, 1.807) is 6.07 Å². The topological polar surface area (TPSA) is 56.1 Å². The Bertz CT molecular complexity index is 992. The number of halogens is 3. The van der Waals surface area contributed by atoms with Gasteiger partial charge in [-0.2, -0.15) is 13.2 Å². The molecule has 1 heterocycles. The normalized spacial score (nSPS) is 11.6. The van der Waals surface area contributed by atoms with E-state index in [1.807, 2.05) is 24.6 Å². The maximum atomic E-state index is 12.6. The first-order chi connectivity index (χ1) is 12.7. The van der Waals surface area contributed by atoms with Crippen molar-refractivity contribution in [3.63, 3.8) is 0 Å². The number of fused-ring (bicyclic) bond motifs is 1. The van der Waals surface area contributed by atoms with Gasteiger partial charge in [-0.15, -0.1) is 0 Å². The van der Waals surface area contributed by atoms with E-state index >= 15 is 0 Å². The number of imidazole rings is 1. The van der Waals surface area contributed by atoms with Crippen molar-refractivity contribution >= 4 is 16.9 Å². The molecule has 0 fully saturated rings. The van der Waals surface area contributed by atoms with Crippen LogP contribution in [0.3, 0.4) is 0 Å². The lowest BCUT2D eigenvalue weighted by atomic mass is 10.1. The minimum Gasteiger partial charge on any atom is -0.496 e. The van der Waals surface area contributed by atoms with Crippen LogP contribution in [0.1, 0.15) is 27.3 Å². The van der Waals surface area contributed by atoms with Crippen LogP contribution in [0.15, 0.2) is 36.4 Å². The predicted octanol–water partition coefficient (Wildman–Crippen LogP) is 3.84. The number of nitrogens with zero attached hydrogens (tertiary/aromatic N) is 2. The molecule has 5 nitrogen and oxygen atoms in total. The Morgan fingerprint density at radius 1 is 1.19 bits per heavy atom. The summed E-state index contributed by atoms with van der Waals surface area (Å²) in [5.74, 6) is 0.938. The van der Waals surface area contributed by atoms with Crippen LogP contribution in [0.25, 0.3) is 11.0 Å². The molecule has 0 saturated heterocycles. The summed E-state index contributed by atoms with van der Waals surface area (Å²) in [6, 6.07) is 7.70. The molecule has 0 aliphatic carbocycles. The van der Waals surface area contributed by atoms with E-state index in [1.165, 1.54) is 7.11 Å². The van der Waals surface area contributed by atoms with Crippen LogP contribution in [0.2, 0.25) is 0 Å². The van der Waals surface area contributed by atoms with Gasteiger partial charge in [0.1, 0.15) is 11.6 Å². The molecule has 0 radical (unpaired) electrons. The zero-order valence-electron chi connectivity index (χ0n) is 15.0. The summed E-state index contributed by atoms with van der Waals surface area (Å²) in [7, 11) is 3.40. The van der Waals surface area contributed by atoms with Crippen molar-refractivity contribution in [2.75, 3.05) is 7.11 Å². The molecule has 3 aromatic rings. The second-order valence-corrected chi connectivity index (χ2v) is 6.09. The Kier molecular flexibility index (Phi) is 4.82. The van der Waals surface area contributed by atoms with Gasteiger partial charge in [-0.25, -0.2) is 4.98 Å². The minimum absolute atomic E-state index is 0.148. The molecule has 2 aromatic carbocycles. The summed E-state index contributed by atoms with van der Waals surface area (Å²) >= 11 is 0. The minimum atomic E-state index is -4.44. The van der Waals surface area contributed by atoms with Crippen molar-refractivity contribution in [2.45, 2.75) is 19.6 Å². The van der Waals surface area contributed by atoms with Crippen LogP contribution in [0.5, 0.6) is 5.75 Å². The Morgan fingerprint density at radius 3 is 2.44 bits per heavy atom. The number of rotatable bonds is 4. The lowest BCUT2D eigenvalue weighted by Gasteiger charge is -2.13. The van der Waals surface area contributed by atoms with E-state index in [2.05, 4.69) is 10.3 Å². The molecule has 0 saturated carbocycles. The molecular weight excluding hydrogens is 359 g/mol. The average Bonchev–Trinajstić information content (AvgIpc) is 2.93. The molecule has 0 unspecified atom stereocenters. The van der Waals surface area contributed by atoms with Crippen molar-refractivity contribution < 1.29 is 22.7 Å². The van der Waals surface area contributed by atoms with Crippen molar-refractivity contribution in [2.24, 2.45) is 7.05 Å². The highest BCUT2D eigenvalue weighted by atomic mass is 19.4. The Hall–Kier alpha value is -3.03. The fraction of sp³-hybridized carbons (Fsp3) is 0.263. The SMILES string of the molecule is COc1ccc2nc(C)n(C)c2c1CNC(=O)c1ccc(C(F)(F)F)cc1. The zero-order chi connectivity index (χ0) is 19.8. The Labute approximate surface area is 153 Å². The number of alkyl halides is 3. The summed E-state index contributed by atoms with van der Waals surface area (Å²) in [6.07, 6.45) is -4.44.